The van der Waals surface area contributed by atoms with Crippen molar-refractivity contribution in [2.24, 2.45) is 5.92 Å². The van der Waals surface area contributed by atoms with Gasteiger partial charge in [0.2, 0.25) is 11.8 Å². The van der Waals surface area contributed by atoms with Crippen molar-refractivity contribution < 1.29 is 19.1 Å². The summed E-state index contributed by atoms with van der Waals surface area (Å²) < 4.78 is 10.6. The van der Waals surface area contributed by atoms with E-state index in [1.54, 1.807) is 30.9 Å². The van der Waals surface area contributed by atoms with Gasteiger partial charge in [-0.1, -0.05) is 26.8 Å². The molecule has 2 unspecified atom stereocenters. The number of methoxy groups -OCH3 is 2. The highest BCUT2D eigenvalue weighted by molar-refractivity contribution is 8.00. The van der Waals surface area contributed by atoms with Gasteiger partial charge in [-0.05, 0) is 30.5 Å². The molecule has 6 nitrogen and oxygen atoms in total. The molecule has 1 aliphatic heterocycles. The number of carbonyl (C=O) groups is 2. The Morgan fingerprint density at radius 1 is 1.26 bits per heavy atom. The van der Waals surface area contributed by atoms with Crippen molar-refractivity contribution in [3.8, 4) is 11.5 Å². The lowest BCUT2D eigenvalue weighted by molar-refractivity contribution is -0.142. The Labute approximate surface area is 166 Å². The topological polar surface area (TPSA) is 67.9 Å². The minimum Gasteiger partial charge on any atom is -0.493 e. The molecule has 0 spiro atoms. The van der Waals surface area contributed by atoms with Gasteiger partial charge in [-0.15, -0.1) is 11.8 Å². The first-order valence-electron chi connectivity index (χ1n) is 9.35. The van der Waals surface area contributed by atoms with Gasteiger partial charge in [0.1, 0.15) is 6.04 Å². The van der Waals surface area contributed by atoms with Gasteiger partial charge in [-0.2, -0.15) is 0 Å². The number of benzene rings is 1. The van der Waals surface area contributed by atoms with Crippen LogP contribution in [-0.2, 0) is 16.0 Å². The average Bonchev–Trinajstić information content (AvgIpc) is 3.10. The molecule has 7 heteroatoms. The first-order chi connectivity index (χ1) is 12.9. The quantitative estimate of drug-likeness (QED) is 0.734. The summed E-state index contributed by atoms with van der Waals surface area (Å²) in [6.07, 6.45) is 1.53. The highest BCUT2D eigenvalue weighted by Crippen LogP contribution is 2.32. The smallest absolute Gasteiger partial charge is 0.243 e. The third kappa shape index (κ3) is 5.09. The number of amides is 2. The molecule has 1 aromatic carbocycles. The van der Waals surface area contributed by atoms with Crippen LogP contribution in [0.25, 0.3) is 0 Å². The van der Waals surface area contributed by atoms with Crippen molar-refractivity contribution in [3.05, 3.63) is 23.8 Å². The van der Waals surface area contributed by atoms with E-state index in [1.165, 1.54) is 0 Å². The lowest BCUT2D eigenvalue weighted by Crippen LogP contribution is -2.51. The van der Waals surface area contributed by atoms with Gasteiger partial charge in [0.15, 0.2) is 11.5 Å². The van der Waals surface area contributed by atoms with E-state index < -0.39 is 0 Å². The second-order valence-electron chi connectivity index (χ2n) is 6.84. The number of nitrogens with zero attached hydrogens (tertiary/aromatic N) is 1. The Balaban J connectivity index is 1.95. The third-order valence-corrected chi connectivity index (χ3v) is 6.11. The van der Waals surface area contributed by atoms with Crippen LogP contribution in [0, 0.1) is 5.92 Å². The molecule has 1 aliphatic rings. The van der Waals surface area contributed by atoms with Gasteiger partial charge in [0.05, 0.1) is 19.6 Å². The molecule has 27 heavy (non-hydrogen) atoms. The summed E-state index contributed by atoms with van der Waals surface area (Å²) in [5.41, 5.74) is 1.05. The Morgan fingerprint density at radius 2 is 1.96 bits per heavy atom. The SMILES string of the molecule is CCC1SCC(C(=O)NCCc2ccc(OC)c(OC)c2)N1C(=O)C(C)C. The van der Waals surface area contributed by atoms with E-state index in [4.69, 9.17) is 9.47 Å². The zero-order chi connectivity index (χ0) is 20.0. The standard InChI is InChI=1S/C20H30N2O4S/c1-6-18-22(20(24)13(2)3)15(12-27-18)19(23)21-10-9-14-7-8-16(25-4)17(11-14)26-5/h7-8,11,13,15,18H,6,9-10,12H2,1-5H3,(H,21,23). The normalized spacial score (nSPS) is 19.3. The predicted molar refractivity (Wildman–Crippen MR) is 108 cm³/mol. The van der Waals surface area contributed by atoms with Gasteiger partial charge >= 0.3 is 0 Å². The lowest BCUT2D eigenvalue weighted by Gasteiger charge is -2.29. The molecular formula is C20H30N2O4S. The minimum atomic E-state index is -0.389. The van der Waals surface area contributed by atoms with E-state index in [-0.39, 0.29) is 29.1 Å². The van der Waals surface area contributed by atoms with Crippen LogP contribution in [0.1, 0.15) is 32.8 Å². The molecule has 0 aliphatic carbocycles. The van der Waals surface area contributed by atoms with Crippen molar-refractivity contribution in [1.82, 2.24) is 10.2 Å². The Bertz CT molecular complexity index is 665. The maximum Gasteiger partial charge on any atom is 0.243 e. The zero-order valence-corrected chi connectivity index (χ0v) is 17.6. The van der Waals surface area contributed by atoms with Crippen LogP contribution in [0.2, 0.25) is 0 Å². The van der Waals surface area contributed by atoms with Crippen LogP contribution >= 0.6 is 11.8 Å². The van der Waals surface area contributed by atoms with E-state index in [0.717, 1.165) is 12.0 Å². The predicted octanol–water partition coefficient (Wildman–Crippen LogP) is 2.70. The summed E-state index contributed by atoms with van der Waals surface area (Å²) >= 11 is 1.69. The van der Waals surface area contributed by atoms with Crippen LogP contribution in [0.5, 0.6) is 11.5 Å². The zero-order valence-electron chi connectivity index (χ0n) is 16.8. The number of ether oxygens (including phenoxy) is 2. The first kappa shape index (κ1) is 21.4. The van der Waals surface area contributed by atoms with Gasteiger partial charge in [-0.3, -0.25) is 9.59 Å². The number of thioether (sulfide) groups is 1. The highest BCUT2D eigenvalue weighted by Gasteiger charge is 2.41. The number of hydrogen-bond donors (Lipinski definition) is 1. The van der Waals surface area contributed by atoms with Crippen LogP contribution in [0.4, 0.5) is 0 Å². The number of nitrogens with one attached hydrogen (secondary N) is 1. The Hall–Kier alpha value is -1.89. The summed E-state index contributed by atoms with van der Waals surface area (Å²) in [4.78, 5) is 27.0. The van der Waals surface area contributed by atoms with Crippen LogP contribution in [-0.4, -0.2) is 54.6 Å². The molecule has 1 heterocycles. The number of carbonyl (C=O) groups excluding carboxylic acids is 2. The molecule has 0 bridgehead atoms. The van der Waals surface area contributed by atoms with E-state index in [0.29, 0.717) is 30.2 Å². The molecule has 2 atom stereocenters. The van der Waals surface area contributed by atoms with Crippen molar-refractivity contribution in [2.45, 2.75) is 45.0 Å². The number of hydrogen-bond acceptors (Lipinski definition) is 5. The fraction of sp³-hybridized carbons (Fsp3) is 0.600. The second kappa shape index (κ2) is 9.88. The molecule has 2 amide bonds. The maximum absolute atomic E-state index is 12.7. The largest absolute Gasteiger partial charge is 0.493 e. The van der Waals surface area contributed by atoms with Gasteiger partial charge in [-0.25, -0.2) is 0 Å². The molecule has 0 saturated carbocycles. The van der Waals surface area contributed by atoms with Crippen molar-refractivity contribution >= 4 is 23.6 Å². The van der Waals surface area contributed by atoms with E-state index >= 15 is 0 Å². The van der Waals surface area contributed by atoms with E-state index in [9.17, 15) is 9.59 Å². The number of rotatable bonds is 8. The van der Waals surface area contributed by atoms with Crippen LogP contribution in [0.15, 0.2) is 18.2 Å². The highest BCUT2D eigenvalue weighted by atomic mass is 32.2. The summed E-state index contributed by atoms with van der Waals surface area (Å²) in [7, 11) is 3.21. The third-order valence-electron chi connectivity index (χ3n) is 4.65. The molecular weight excluding hydrogens is 364 g/mol. The summed E-state index contributed by atoms with van der Waals surface area (Å²) in [6, 6.07) is 5.34. The molecule has 1 saturated heterocycles. The minimum absolute atomic E-state index is 0.0480. The van der Waals surface area contributed by atoms with E-state index in [1.807, 2.05) is 32.0 Å². The molecule has 2 rings (SSSR count). The fourth-order valence-corrected chi connectivity index (χ4v) is 4.52. The second-order valence-corrected chi connectivity index (χ2v) is 8.05. The molecule has 0 radical (unpaired) electrons. The van der Waals surface area contributed by atoms with Crippen LogP contribution in [0.3, 0.4) is 0 Å². The molecule has 0 aromatic heterocycles. The van der Waals surface area contributed by atoms with Crippen molar-refractivity contribution in [1.29, 1.82) is 0 Å². The fourth-order valence-electron chi connectivity index (χ4n) is 3.16. The lowest BCUT2D eigenvalue weighted by atomic mass is 10.1. The summed E-state index contributed by atoms with van der Waals surface area (Å²) in [5.74, 6) is 1.87. The summed E-state index contributed by atoms with van der Waals surface area (Å²) in [6.45, 7) is 6.32. The Kier molecular flexibility index (Phi) is 7.83. The molecule has 1 N–H and O–H groups in total. The Morgan fingerprint density at radius 3 is 2.56 bits per heavy atom. The van der Waals surface area contributed by atoms with Gasteiger partial charge in [0, 0.05) is 18.2 Å². The average molecular weight is 395 g/mol. The monoisotopic (exact) mass is 394 g/mol. The van der Waals surface area contributed by atoms with Crippen molar-refractivity contribution in [2.75, 3.05) is 26.5 Å². The molecule has 1 fully saturated rings. The van der Waals surface area contributed by atoms with Crippen molar-refractivity contribution in [3.63, 3.8) is 0 Å². The maximum atomic E-state index is 12.7. The van der Waals surface area contributed by atoms with Crippen LogP contribution < -0.4 is 14.8 Å². The molecule has 150 valence electrons. The molecule has 1 aromatic rings. The van der Waals surface area contributed by atoms with E-state index in [2.05, 4.69) is 12.2 Å². The van der Waals surface area contributed by atoms with Gasteiger partial charge in [0.25, 0.3) is 0 Å². The first-order valence-corrected chi connectivity index (χ1v) is 10.4. The summed E-state index contributed by atoms with van der Waals surface area (Å²) in [5, 5.41) is 3.07. The van der Waals surface area contributed by atoms with Gasteiger partial charge < -0.3 is 19.7 Å².